The van der Waals surface area contributed by atoms with Crippen molar-refractivity contribution in [2.45, 2.75) is 33.6 Å². The van der Waals surface area contributed by atoms with E-state index in [4.69, 9.17) is 10.6 Å². The lowest BCUT2D eigenvalue weighted by atomic mass is 10.0. The van der Waals surface area contributed by atoms with Crippen LogP contribution in [0.5, 0.6) is 5.75 Å². The topological polar surface area (TPSA) is 47.6 Å². The van der Waals surface area contributed by atoms with Crippen LogP contribution in [-0.4, -0.2) is 12.8 Å². The van der Waals surface area contributed by atoms with Gasteiger partial charge in [-0.25, -0.2) is 0 Å². The maximum atomic E-state index is 5.67. The Morgan fingerprint density at radius 1 is 1.31 bits per heavy atom. The van der Waals surface area contributed by atoms with Gasteiger partial charge in [-0.2, -0.15) is 5.10 Å². The van der Waals surface area contributed by atoms with Crippen molar-refractivity contribution in [1.82, 2.24) is 0 Å². The van der Waals surface area contributed by atoms with Crippen LogP contribution in [0.25, 0.3) is 0 Å². The molecule has 3 nitrogen and oxygen atoms in total. The molecule has 0 saturated carbocycles. The van der Waals surface area contributed by atoms with Crippen LogP contribution >= 0.6 is 0 Å². The molecule has 16 heavy (non-hydrogen) atoms. The second-order valence-electron chi connectivity index (χ2n) is 3.95. The number of hydrogen-bond acceptors (Lipinski definition) is 3. The SMILES string of the molecule is CCCCOc1cc(C)c(C=NN)c(C)c1. The van der Waals surface area contributed by atoms with Crippen molar-refractivity contribution in [3.8, 4) is 5.75 Å². The summed E-state index contributed by atoms with van der Waals surface area (Å²) in [6, 6.07) is 4.05. The summed E-state index contributed by atoms with van der Waals surface area (Å²) < 4.78 is 5.67. The van der Waals surface area contributed by atoms with E-state index >= 15 is 0 Å². The fourth-order valence-corrected chi connectivity index (χ4v) is 1.63. The van der Waals surface area contributed by atoms with Crippen molar-refractivity contribution < 1.29 is 4.74 Å². The van der Waals surface area contributed by atoms with Gasteiger partial charge >= 0.3 is 0 Å². The van der Waals surface area contributed by atoms with Crippen LogP contribution in [0.4, 0.5) is 0 Å². The minimum atomic E-state index is 0.777. The Morgan fingerprint density at radius 3 is 2.44 bits per heavy atom. The molecule has 0 aliphatic rings. The molecule has 1 aromatic rings. The van der Waals surface area contributed by atoms with Crippen LogP contribution in [0.3, 0.4) is 0 Å². The largest absolute Gasteiger partial charge is 0.494 e. The van der Waals surface area contributed by atoms with Gasteiger partial charge in [0.15, 0.2) is 0 Å². The zero-order chi connectivity index (χ0) is 12.0. The third kappa shape index (κ3) is 3.26. The van der Waals surface area contributed by atoms with Crippen LogP contribution in [-0.2, 0) is 0 Å². The van der Waals surface area contributed by atoms with E-state index in [1.807, 2.05) is 26.0 Å². The molecule has 0 radical (unpaired) electrons. The van der Waals surface area contributed by atoms with Gasteiger partial charge in [-0.15, -0.1) is 0 Å². The molecule has 0 unspecified atom stereocenters. The highest BCUT2D eigenvalue weighted by Gasteiger charge is 2.03. The molecule has 0 aliphatic carbocycles. The number of rotatable bonds is 5. The van der Waals surface area contributed by atoms with E-state index in [0.29, 0.717) is 0 Å². The predicted molar refractivity (Wildman–Crippen MR) is 68.1 cm³/mol. The molecule has 1 aromatic carbocycles. The molecule has 0 fully saturated rings. The monoisotopic (exact) mass is 220 g/mol. The number of benzene rings is 1. The summed E-state index contributed by atoms with van der Waals surface area (Å²) in [5.74, 6) is 6.10. The lowest BCUT2D eigenvalue weighted by molar-refractivity contribution is 0.309. The third-order valence-corrected chi connectivity index (χ3v) is 2.54. The number of hydrazone groups is 1. The van der Waals surface area contributed by atoms with Crippen LogP contribution in [0, 0.1) is 13.8 Å². The van der Waals surface area contributed by atoms with Gasteiger partial charge < -0.3 is 10.6 Å². The van der Waals surface area contributed by atoms with E-state index in [9.17, 15) is 0 Å². The first-order valence-corrected chi connectivity index (χ1v) is 5.66. The molecule has 0 heterocycles. The lowest BCUT2D eigenvalue weighted by Gasteiger charge is -2.10. The van der Waals surface area contributed by atoms with Crippen LogP contribution in [0.15, 0.2) is 17.2 Å². The quantitative estimate of drug-likeness (QED) is 0.359. The Labute approximate surface area is 97.3 Å². The van der Waals surface area contributed by atoms with Crippen LogP contribution < -0.4 is 10.6 Å². The molecule has 88 valence electrons. The molecule has 0 spiro atoms. The fraction of sp³-hybridized carbons (Fsp3) is 0.462. The maximum absolute atomic E-state index is 5.67. The molecule has 0 aliphatic heterocycles. The second kappa shape index (κ2) is 6.16. The Bertz CT molecular complexity index is 349. The number of unbranched alkanes of at least 4 members (excludes halogenated alkanes) is 1. The minimum absolute atomic E-state index is 0.777. The summed E-state index contributed by atoms with van der Waals surface area (Å²) in [5, 5.41) is 3.57. The molecule has 0 atom stereocenters. The fourth-order valence-electron chi connectivity index (χ4n) is 1.63. The van der Waals surface area contributed by atoms with E-state index in [1.54, 1.807) is 6.21 Å². The Hall–Kier alpha value is -1.51. The summed E-state index contributed by atoms with van der Waals surface area (Å²) in [4.78, 5) is 0. The highest BCUT2D eigenvalue weighted by Crippen LogP contribution is 2.20. The molecular weight excluding hydrogens is 200 g/mol. The number of ether oxygens (including phenoxy) is 1. The Balaban J connectivity index is 2.83. The number of nitrogens with two attached hydrogens (primary N) is 1. The van der Waals surface area contributed by atoms with Gasteiger partial charge in [-0.3, -0.25) is 0 Å². The summed E-state index contributed by atoms with van der Waals surface area (Å²) in [6.07, 6.45) is 3.92. The summed E-state index contributed by atoms with van der Waals surface area (Å²) in [7, 11) is 0. The highest BCUT2D eigenvalue weighted by molar-refractivity contribution is 5.83. The second-order valence-corrected chi connectivity index (χ2v) is 3.95. The van der Waals surface area contributed by atoms with E-state index in [2.05, 4.69) is 12.0 Å². The lowest BCUT2D eigenvalue weighted by Crippen LogP contribution is -2.00. The van der Waals surface area contributed by atoms with Gasteiger partial charge in [-0.05, 0) is 43.5 Å². The Kier molecular flexibility index (Phi) is 4.83. The van der Waals surface area contributed by atoms with E-state index in [1.165, 1.54) is 0 Å². The van der Waals surface area contributed by atoms with E-state index < -0.39 is 0 Å². The zero-order valence-electron chi connectivity index (χ0n) is 10.3. The molecule has 0 amide bonds. The van der Waals surface area contributed by atoms with Gasteiger partial charge in [0.1, 0.15) is 5.75 Å². The minimum Gasteiger partial charge on any atom is -0.494 e. The smallest absolute Gasteiger partial charge is 0.119 e. The molecule has 0 saturated heterocycles. The summed E-state index contributed by atoms with van der Waals surface area (Å²) >= 11 is 0. The molecular formula is C13H20N2O. The van der Waals surface area contributed by atoms with Crippen molar-refractivity contribution in [2.24, 2.45) is 10.9 Å². The normalized spacial score (nSPS) is 10.9. The van der Waals surface area contributed by atoms with Gasteiger partial charge in [0.25, 0.3) is 0 Å². The molecule has 0 bridgehead atoms. The maximum Gasteiger partial charge on any atom is 0.119 e. The van der Waals surface area contributed by atoms with Gasteiger partial charge in [0.05, 0.1) is 12.8 Å². The number of aryl methyl sites for hydroxylation is 2. The van der Waals surface area contributed by atoms with Crippen molar-refractivity contribution in [3.05, 3.63) is 28.8 Å². The average Bonchev–Trinajstić information content (AvgIpc) is 2.24. The van der Waals surface area contributed by atoms with Gasteiger partial charge in [-0.1, -0.05) is 13.3 Å². The number of hydrogen-bond donors (Lipinski definition) is 1. The first kappa shape index (κ1) is 12.6. The zero-order valence-corrected chi connectivity index (χ0v) is 10.3. The van der Waals surface area contributed by atoms with Crippen molar-refractivity contribution >= 4 is 6.21 Å². The molecule has 2 N–H and O–H groups in total. The third-order valence-electron chi connectivity index (χ3n) is 2.54. The number of nitrogens with zero attached hydrogens (tertiary/aromatic N) is 1. The average molecular weight is 220 g/mol. The van der Waals surface area contributed by atoms with Gasteiger partial charge in [0.2, 0.25) is 0 Å². The first-order chi connectivity index (χ1) is 7.69. The molecule has 1 rings (SSSR count). The van der Waals surface area contributed by atoms with Crippen LogP contribution in [0.2, 0.25) is 0 Å². The Morgan fingerprint density at radius 2 is 1.94 bits per heavy atom. The van der Waals surface area contributed by atoms with Crippen molar-refractivity contribution in [1.29, 1.82) is 0 Å². The summed E-state index contributed by atoms with van der Waals surface area (Å²) in [6.45, 7) is 7.01. The molecule has 3 heteroatoms. The predicted octanol–water partition coefficient (Wildman–Crippen LogP) is 2.77. The summed E-state index contributed by atoms with van der Waals surface area (Å²) in [5.41, 5.74) is 3.35. The van der Waals surface area contributed by atoms with Crippen LogP contribution in [0.1, 0.15) is 36.5 Å². The van der Waals surface area contributed by atoms with Crippen molar-refractivity contribution in [2.75, 3.05) is 6.61 Å². The molecule has 0 aromatic heterocycles. The first-order valence-electron chi connectivity index (χ1n) is 5.66. The highest BCUT2D eigenvalue weighted by atomic mass is 16.5. The van der Waals surface area contributed by atoms with E-state index in [0.717, 1.165) is 41.9 Å². The standard InChI is InChI=1S/C13H20N2O/c1-4-5-6-16-12-7-10(2)13(9-15-14)11(3)8-12/h7-9H,4-6,14H2,1-3H3. The van der Waals surface area contributed by atoms with Gasteiger partial charge in [0, 0.05) is 5.56 Å². The van der Waals surface area contributed by atoms with Crippen molar-refractivity contribution in [3.63, 3.8) is 0 Å². The van der Waals surface area contributed by atoms with E-state index in [-0.39, 0.29) is 0 Å².